The highest BCUT2D eigenvalue weighted by Gasteiger charge is 1.93. The first kappa shape index (κ1) is 25.7. The Labute approximate surface area is 152 Å². The van der Waals surface area contributed by atoms with Gasteiger partial charge in [0.1, 0.15) is 0 Å². The molecule has 3 heteroatoms. The van der Waals surface area contributed by atoms with Gasteiger partial charge < -0.3 is 10.4 Å². The molecule has 0 fully saturated rings. The van der Waals surface area contributed by atoms with E-state index in [1.54, 1.807) is 6.92 Å². The summed E-state index contributed by atoms with van der Waals surface area (Å²) in [5.41, 5.74) is 0. The summed E-state index contributed by atoms with van der Waals surface area (Å²) < 4.78 is 0. The van der Waals surface area contributed by atoms with Gasteiger partial charge in [-0.2, -0.15) is 0 Å². The number of hydrogen-bond donors (Lipinski definition) is 2. The molecule has 0 aromatic heterocycles. The molecule has 0 radical (unpaired) electrons. The summed E-state index contributed by atoms with van der Waals surface area (Å²) in [6.07, 6.45) is 20.1. The predicted octanol–water partition coefficient (Wildman–Crippen LogP) is 6.56. The first-order valence-electron chi connectivity index (χ1n) is 10.6. The molecule has 0 amide bonds. The summed E-state index contributed by atoms with van der Waals surface area (Å²) in [6, 6.07) is 0. The third-order valence-electron chi connectivity index (χ3n) is 4.22. The molecule has 0 saturated heterocycles. The summed E-state index contributed by atoms with van der Waals surface area (Å²) in [6.45, 7) is 8.65. The maximum absolute atomic E-state index is 9.37. The quantitative estimate of drug-likeness (QED) is 0.294. The molecule has 0 atom stereocenters. The van der Waals surface area contributed by atoms with Crippen molar-refractivity contribution < 1.29 is 9.90 Å². The number of carboxylic acid groups (broad SMARTS) is 1. The molecule has 0 unspecified atom stereocenters. The van der Waals surface area contributed by atoms with Gasteiger partial charge in [0.05, 0.1) is 0 Å². The van der Waals surface area contributed by atoms with Gasteiger partial charge in [-0.15, -0.1) is 0 Å². The fourth-order valence-electron chi connectivity index (χ4n) is 2.54. The van der Waals surface area contributed by atoms with Crippen molar-refractivity contribution in [1.82, 2.24) is 5.32 Å². The van der Waals surface area contributed by atoms with Crippen LogP contribution >= 0.6 is 0 Å². The molecule has 24 heavy (non-hydrogen) atoms. The number of carbonyl (C=O) groups is 1. The molecular formula is C21H45NO2. The van der Waals surface area contributed by atoms with Crippen molar-refractivity contribution in [1.29, 1.82) is 0 Å². The molecule has 0 bridgehead atoms. The Kier molecular flexibility index (Phi) is 26.4. The lowest BCUT2D eigenvalue weighted by Crippen LogP contribution is -2.16. The average molecular weight is 344 g/mol. The number of carboxylic acids is 1. The van der Waals surface area contributed by atoms with E-state index in [9.17, 15) is 4.79 Å². The standard InChI is InChI=1S/C18H39N.C3H6O2/c1-3-5-7-9-11-13-15-17-19-18-16-14-12-10-8-6-4-2;1-2-3(4)5/h19H,3-18H2,1-2H3;2H2,1H3,(H,4,5). The zero-order valence-corrected chi connectivity index (χ0v) is 16.9. The fraction of sp³-hybridized carbons (Fsp3) is 0.952. The van der Waals surface area contributed by atoms with Crippen molar-refractivity contribution in [3.05, 3.63) is 0 Å². The van der Waals surface area contributed by atoms with E-state index in [-0.39, 0.29) is 6.42 Å². The molecule has 146 valence electrons. The van der Waals surface area contributed by atoms with E-state index >= 15 is 0 Å². The SMILES string of the molecule is CCC(=O)O.CCCCCCCCCNCCCCCCCCC. The van der Waals surface area contributed by atoms with E-state index in [0.717, 1.165) is 0 Å². The topological polar surface area (TPSA) is 49.3 Å². The van der Waals surface area contributed by atoms with Crippen LogP contribution in [0.4, 0.5) is 0 Å². The third-order valence-corrected chi connectivity index (χ3v) is 4.22. The van der Waals surface area contributed by atoms with Crippen LogP contribution in [0.15, 0.2) is 0 Å². The lowest BCUT2D eigenvalue weighted by Gasteiger charge is -2.05. The number of unbranched alkanes of at least 4 members (excludes halogenated alkanes) is 12. The maximum atomic E-state index is 9.37. The molecule has 0 saturated carbocycles. The van der Waals surface area contributed by atoms with Crippen LogP contribution in [-0.2, 0) is 4.79 Å². The molecule has 2 N–H and O–H groups in total. The van der Waals surface area contributed by atoms with Crippen LogP contribution in [-0.4, -0.2) is 24.2 Å². The summed E-state index contributed by atoms with van der Waals surface area (Å²) in [4.78, 5) is 9.37. The molecule has 0 aromatic carbocycles. The van der Waals surface area contributed by atoms with Crippen LogP contribution in [0.2, 0.25) is 0 Å². The van der Waals surface area contributed by atoms with Crippen molar-refractivity contribution in [3.63, 3.8) is 0 Å². The largest absolute Gasteiger partial charge is 0.481 e. The monoisotopic (exact) mass is 343 g/mol. The van der Waals surface area contributed by atoms with E-state index in [1.807, 2.05) is 0 Å². The highest BCUT2D eigenvalue weighted by Crippen LogP contribution is 2.07. The normalized spacial score (nSPS) is 10.3. The Bertz CT molecular complexity index is 216. The van der Waals surface area contributed by atoms with Crippen LogP contribution in [0.3, 0.4) is 0 Å². The molecule has 0 aromatic rings. The molecule has 0 rings (SSSR count). The molecule has 0 aliphatic heterocycles. The van der Waals surface area contributed by atoms with E-state index < -0.39 is 5.97 Å². The van der Waals surface area contributed by atoms with Crippen LogP contribution < -0.4 is 5.32 Å². The highest BCUT2D eigenvalue weighted by atomic mass is 16.4. The fourth-order valence-corrected chi connectivity index (χ4v) is 2.54. The van der Waals surface area contributed by atoms with Crippen molar-refractivity contribution >= 4 is 5.97 Å². The number of aliphatic carboxylic acids is 1. The zero-order valence-electron chi connectivity index (χ0n) is 16.9. The van der Waals surface area contributed by atoms with Gasteiger partial charge >= 0.3 is 5.97 Å². The lowest BCUT2D eigenvalue weighted by atomic mass is 10.1. The van der Waals surface area contributed by atoms with Crippen LogP contribution in [0.5, 0.6) is 0 Å². The number of nitrogens with one attached hydrogen (secondary N) is 1. The Hall–Kier alpha value is -0.570. The summed E-state index contributed by atoms with van der Waals surface area (Å²) in [5.74, 6) is -0.745. The van der Waals surface area contributed by atoms with E-state index in [4.69, 9.17) is 5.11 Å². The minimum atomic E-state index is -0.745. The molecular weight excluding hydrogens is 298 g/mol. The number of rotatable bonds is 17. The Morgan fingerprint density at radius 1 is 0.625 bits per heavy atom. The predicted molar refractivity (Wildman–Crippen MR) is 107 cm³/mol. The summed E-state index contributed by atoms with van der Waals surface area (Å²) >= 11 is 0. The second-order valence-corrected chi connectivity index (χ2v) is 6.74. The smallest absolute Gasteiger partial charge is 0.303 e. The minimum Gasteiger partial charge on any atom is -0.481 e. The van der Waals surface area contributed by atoms with Gasteiger partial charge in [0.2, 0.25) is 0 Å². The second-order valence-electron chi connectivity index (χ2n) is 6.74. The Morgan fingerprint density at radius 3 is 1.21 bits per heavy atom. The summed E-state index contributed by atoms with van der Waals surface area (Å²) in [7, 11) is 0. The average Bonchev–Trinajstić information content (AvgIpc) is 2.59. The van der Waals surface area contributed by atoms with Gasteiger partial charge in [-0.25, -0.2) is 0 Å². The van der Waals surface area contributed by atoms with Gasteiger partial charge in [-0.05, 0) is 25.9 Å². The zero-order chi connectivity index (χ0) is 18.3. The first-order chi connectivity index (χ1) is 11.7. The molecule has 0 aliphatic carbocycles. The van der Waals surface area contributed by atoms with Crippen molar-refractivity contribution in [2.75, 3.05) is 13.1 Å². The third kappa shape index (κ3) is 29.4. The van der Waals surface area contributed by atoms with Gasteiger partial charge in [0, 0.05) is 6.42 Å². The molecule has 0 heterocycles. The van der Waals surface area contributed by atoms with E-state index in [1.165, 1.54) is 103 Å². The van der Waals surface area contributed by atoms with Gasteiger partial charge in [0.15, 0.2) is 0 Å². The number of hydrogen-bond acceptors (Lipinski definition) is 2. The lowest BCUT2D eigenvalue weighted by molar-refractivity contribution is -0.136. The van der Waals surface area contributed by atoms with Crippen LogP contribution in [0.1, 0.15) is 117 Å². The van der Waals surface area contributed by atoms with E-state index in [2.05, 4.69) is 19.2 Å². The van der Waals surface area contributed by atoms with Gasteiger partial charge in [-0.1, -0.05) is 97.8 Å². The van der Waals surface area contributed by atoms with E-state index in [0.29, 0.717) is 0 Å². The van der Waals surface area contributed by atoms with Gasteiger partial charge in [0.25, 0.3) is 0 Å². The molecule has 0 aliphatic rings. The second kappa shape index (κ2) is 24.7. The first-order valence-corrected chi connectivity index (χ1v) is 10.6. The Morgan fingerprint density at radius 2 is 0.917 bits per heavy atom. The maximum Gasteiger partial charge on any atom is 0.303 e. The van der Waals surface area contributed by atoms with Crippen molar-refractivity contribution in [2.24, 2.45) is 0 Å². The van der Waals surface area contributed by atoms with Crippen molar-refractivity contribution in [3.8, 4) is 0 Å². The molecule has 0 spiro atoms. The van der Waals surface area contributed by atoms with Crippen LogP contribution in [0.25, 0.3) is 0 Å². The van der Waals surface area contributed by atoms with Gasteiger partial charge in [-0.3, -0.25) is 4.79 Å². The van der Waals surface area contributed by atoms with Crippen LogP contribution in [0, 0.1) is 0 Å². The minimum absolute atomic E-state index is 0.222. The van der Waals surface area contributed by atoms with Crippen molar-refractivity contribution in [2.45, 2.75) is 117 Å². The molecule has 3 nitrogen and oxygen atoms in total. The summed E-state index contributed by atoms with van der Waals surface area (Å²) in [5, 5.41) is 11.3. The highest BCUT2D eigenvalue weighted by molar-refractivity contribution is 5.66. The Balaban J connectivity index is 0.